The van der Waals surface area contributed by atoms with Crippen LogP contribution in [0, 0.1) is 0 Å². The molecule has 2 N–H and O–H groups in total. The number of pyridine rings is 1. The molecule has 1 atom stereocenters. The van der Waals surface area contributed by atoms with Gasteiger partial charge in [-0.2, -0.15) is 0 Å². The average Bonchev–Trinajstić information content (AvgIpc) is 2.47. The van der Waals surface area contributed by atoms with E-state index in [0.717, 1.165) is 24.3 Å². The maximum Gasteiger partial charge on any atom is 0.132 e. The Kier molecular flexibility index (Phi) is 3.22. The smallest absolute Gasteiger partial charge is 0.132 e. The van der Waals surface area contributed by atoms with Crippen LogP contribution in [0.15, 0.2) is 42.6 Å². The van der Waals surface area contributed by atoms with Crippen molar-refractivity contribution in [3.63, 3.8) is 0 Å². The van der Waals surface area contributed by atoms with E-state index in [9.17, 15) is 0 Å². The number of anilines is 2. The summed E-state index contributed by atoms with van der Waals surface area (Å²) in [7, 11) is 0. The fourth-order valence-electron chi connectivity index (χ4n) is 2.60. The molecule has 1 unspecified atom stereocenters. The minimum absolute atomic E-state index is 0.0372. The lowest BCUT2D eigenvalue weighted by Crippen LogP contribution is -2.25. The predicted octanol–water partition coefficient (Wildman–Crippen LogP) is 3.19. The van der Waals surface area contributed by atoms with Crippen molar-refractivity contribution in [3.05, 3.63) is 53.7 Å². The van der Waals surface area contributed by atoms with Crippen LogP contribution in [0.4, 0.5) is 11.5 Å². The molecule has 98 valence electrons. The third kappa shape index (κ3) is 2.34. The van der Waals surface area contributed by atoms with Crippen molar-refractivity contribution in [2.45, 2.75) is 25.8 Å². The van der Waals surface area contributed by atoms with Crippen molar-refractivity contribution in [2.75, 3.05) is 11.4 Å². The summed E-state index contributed by atoms with van der Waals surface area (Å²) in [5, 5.41) is 0. The zero-order chi connectivity index (χ0) is 13.2. The van der Waals surface area contributed by atoms with Crippen molar-refractivity contribution < 1.29 is 0 Å². The summed E-state index contributed by atoms with van der Waals surface area (Å²) in [6, 6.07) is 12.8. The van der Waals surface area contributed by atoms with Gasteiger partial charge in [0, 0.05) is 24.5 Å². The molecule has 0 spiro atoms. The molecule has 0 saturated heterocycles. The molecule has 0 radical (unpaired) electrons. The topological polar surface area (TPSA) is 42.1 Å². The first kappa shape index (κ1) is 12.2. The van der Waals surface area contributed by atoms with Gasteiger partial charge in [0.25, 0.3) is 0 Å². The molecule has 19 heavy (non-hydrogen) atoms. The standard InChI is InChI=1S/C16H19N3/c1-12(17)14-8-9-16(18-11-14)19-10-4-6-13-5-2-3-7-15(13)19/h2-3,5,7-9,11-12H,4,6,10,17H2,1H3. The molecule has 3 heteroatoms. The van der Waals surface area contributed by atoms with E-state index in [1.807, 2.05) is 13.1 Å². The van der Waals surface area contributed by atoms with Crippen LogP contribution in [-0.2, 0) is 6.42 Å². The molecule has 0 bridgehead atoms. The van der Waals surface area contributed by atoms with Gasteiger partial charge in [0.05, 0.1) is 0 Å². The third-order valence-electron chi connectivity index (χ3n) is 3.68. The number of nitrogens with two attached hydrogens (primary N) is 1. The van der Waals surface area contributed by atoms with Gasteiger partial charge in [-0.05, 0) is 43.0 Å². The minimum atomic E-state index is 0.0372. The molecule has 1 aromatic carbocycles. The van der Waals surface area contributed by atoms with Crippen molar-refractivity contribution >= 4 is 11.5 Å². The number of aryl methyl sites for hydroxylation is 1. The van der Waals surface area contributed by atoms with Crippen molar-refractivity contribution in [2.24, 2.45) is 5.73 Å². The number of benzene rings is 1. The monoisotopic (exact) mass is 253 g/mol. The highest BCUT2D eigenvalue weighted by atomic mass is 15.2. The first-order valence-electron chi connectivity index (χ1n) is 6.82. The van der Waals surface area contributed by atoms with E-state index in [2.05, 4.69) is 46.3 Å². The van der Waals surface area contributed by atoms with Gasteiger partial charge in [0.1, 0.15) is 5.82 Å². The Labute approximate surface area is 114 Å². The maximum absolute atomic E-state index is 5.87. The maximum atomic E-state index is 5.87. The van der Waals surface area contributed by atoms with E-state index in [1.54, 1.807) is 0 Å². The third-order valence-corrected chi connectivity index (χ3v) is 3.68. The van der Waals surface area contributed by atoms with Crippen LogP contribution in [0.3, 0.4) is 0 Å². The number of rotatable bonds is 2. The van der Waals surface area contributed by atoms with Gasteiger partial charge < -0.3 is 10.6 Å². The van der Waals surface area contributed by atoms with Crippen LogP contribution in [0.25, 0.3) is 0 Å². The molecule has 2 aromatic rings. The van der Waals surface area contributed by atoms with Crippen LogP contribution < -0.4 is 10.6 Å². The van der Waals surface area contributed by atoms with Crippen LogP contribution >= 0.6 is 0 Å². The Balaban J connectivity index is 1.95. The minimum Gasteiger partial charge on any atom is -0.326 e. The van der Waals surface area contributed by atoms with E-state index < -0.39 is 0 Å². The van der Waals surface area contributed by atoms with Gasteiger partial charge in [-0.15, -0.1) is 0 Å². The lowest BCUT2D eigenvalue weighted by molar-refractivity contribution is 0.756. The highest BCUT2D eigenvalue weighted by molar-refractivity contribution is 5.65. The fraction of sp³-hybridized carbons (Fsp3) is 0.312. The van der Waals surface area contributed by atoms with Crippen LogP contribution in [0.1, 0.15) is 30.5 Å². The number of hydrogen-bond acceptors (Lipinski definition) is 3. The highest BCUT2D eigenvalue weighted by Gasteiger charge is 2.18. The highest BCUT2D eigenvalue weighted by Crippen LogP contribution is 2.32. The van der Waals surface area contributed by atoms with Gasteiger partial charge in [-0.3, -0.25) is 0 Å². The number of hydrogen-bond donors (Lipinski definition) is 1. The van der Waals surface area contributed by atoms with E-state index in [1.165, 1.54) is 17.7 Å². The second kappa shape index (κ2) is 5.02. The Morgan fingerprint density at radius 3 is 2.79 bits per heavy atom. The summed E-state index contributed by atoms with van der Waals surface area (Å²) in [6.07, 6.45) is 4.22. The van der Waals surface area contributed by atoms with Gasteiger partial charge in [-0.1, -0.05) is 24.3 Å². The van der Waals surface area contributed by atoms with E-state index in [0.29, 0.717) is 0 Å². The molecule has 1 aliphatic rings. The lowest BCUT2D eigenvalue weighted by Gasteiger charge is -2.30. The van der Waals surface area contributed by atoms with Crippen molar-refractivity contribution in [1.82, 2.24) is 4.98 Å². The Morgan fingerprint density at radius 1 is 1.21 bits per heavy atom. The molecule has 0 aliphatic carbocycles. The average molecular weight is 253 g/mol. The summed E-state index contributed by atoms with van der Waals surface area (Å²) in [5.74, 6) is 1.01. The zero-order valence-corrected chi connectivity index (χ0v) is 11.2. The number of aromatic nitrogens is 1. The first-order valence-corrected chi connectivity index (χ1v) is 6.82. The largest absolute Gasteiger partial charge is 0.326 e. The second-order valence-corrected chi connectivity index (χ2v) is 5.12. The summed E-state index contributed by atoms with van der Waals surface area (Å²) >= 11 is 0. The molecule has 2 heterocycles. The van der Waals surface area contributed by atoms with Gasteiger partial charge in [0.2, 0.25) is 0 Å². The summed E-state index contributed by atoms with van der Waals surface area (Å²) in [5.41, 5.74) is 9.64. The lowest BCUT2D eigenvalue weighted by atomic mass is 10.0. The normalized spacial score (nSPS) is 16.0. The van der Waals surface area contributed by atoms with Gasteiger partial charge >= 0.3 is 0 Å². The quantitative estimate of drug-likeness (QED) is 0.893. The van der Waals surface area contributed by atoms with E-state index >= 15 is 0 Å². The number of fused-ring (bicyclic) bond motifs is 1. The molecule has 3 nitrogen and oxygen atoms in total. The van der Waals surface area contributed by atoms with Crippen LogP contribution in [-0.4, -0.2) is 11.5 Å². The Bertz CT molecular complexity index is 560. The van der Waals surface area contributed by atoms with Crippen molar-refractivity contribution in [3.8, 4) is 0 Å². The van der Waals surface area contributed by atoms with Crippen LogP contribution in [0.2, 0.25) is 0 Å². The molecular formula is C16H19N3. The van der Waals surface area contributed by atoms with Crippen LogP contribution in [0.5, 0.6) is 0 Å². The molecule has 3 rings (SSSR count). The summed E-state index contributed by atoms with van der Waals surface area (Å²) < 4.78 is 0. The Morgan fingerprint density at radius 2 is 2.05 bits per heavy atom. The predicted molar refractivity (Wildman–Crippen MR) is 78.6 cm³/mol. The summed E-state index contributed by atoms with van der Waals surface area (Å²) in [4.78, 5) is 6.86. The fourth-order valence-corrected chi connectivity index (χ4v) is 2.60. The zero-order valence-electron chi connectivity index (χ0n) is 11.2. The molecule has 0 amide bonds. The van der Waals surface area contributed by atoms with E-state index in [4.69, 9.17) is 5.73 Å². The molecule has 0 saturated carbocycles. The van der Waals surface area contributed by atoms with Gasteiger partial charge in [-0.25, -0.2) is 4.98 Å². The Hall–Kier alpha value is -1.87. The molecule has 1 aromatic heterocycles. The molecule has 0 fully saturated rings. The number of nitrogens with zero attached hydrogens (tertiary/aromatic N) is 2. The summed E-state index contributed by atoms with van der Waals surface area (Å²) in [6.45, 7) is 3.01. The molecular weight excluding hydrogens is 234 g/mol. The first-order chi connectivity index (χ1) is 9.25. The molecule has 1 aliphatic heterocycles. The second-order valence-electron chi connectivity index (χ2n) is 5.12. The SMILES string of the molecule is CC(N)c1ccc(N2CCCc3ccccc32)nc1. The van der Waals surface area contributed by atoms with Gasteiger partial charge in [0.15, 0.2) is 0 Å². The van der Waals surface area contributed by atoms with E-state index in [-0.39, 0.29) is 6.04 Å². The van der Waals surface area contributed by atoms with Crippen molar-refractivity contribution in [1.29, 1.82) is 0 Å². The number of para-hydroxylation sites is 1.